The van der Waals surface area contributed by atoms with Gasteiger partial charge in [0.15, 0.2) is 5.03 Å². The van der Waals surface area contributed by atoms with Gasteiger partial charge in [-0.1, -0.05) is 33.8 Å². The number of hydrogen-bond acceptors (Lipinski definition) is 10. The topological polar surface area (TPSA) is 153 Å². The second kappa shape index (κ2) is 10.4. The smallest absolute Gasteiger partial charge is 0.281 e. The van der Waals surface area contributed by atoms with Gasteiger partial charge in [0.05, 0.1) is 30.3 Å². The van der Waals surface area contributed by atoms with Gasteiger partial charge in [-0.25, -0.2) is 19.7 Å². The summed E-state index contributed by atoms with van der Waals surface area (Å²) >= 11 is 0. The van der Waals surface area contributed by atoms with Gasteiger partial charge in [-0.3, -0.25) is 9.78 Å². The molecule has 11 nitrogen and oxygen atoms in total. The van der Waals surface area contributed by atoms with E-state index in [0.29, 0.717) is 42.2 Å². The minimum atomic E-state index is -4.27. The number of aromatic nitrogens is 4. The molecule has 3 aromatic heterocycles. The molecule has 0 saturated carbocycles. The number of pyridine rings is 2. The molecule has 1 aliphatic rings. The molecular formula is C27H39N7O4S. The molecule has 0 spiro atoms. The highest BCUT2D eigenvalue weighted by molar-refractivity contribution is 7.90. The molecule has 1 amide bonds. The number of carbonyl (C=O) groups excluding carboxylic acids is 1. The summed E-state index contributed by atoms with van der Waals surface area (Å²) in [5.74, 6) is 0.272. The van der Waals surface area contributed by atoms with Crippen molar-refractivity contribution in [2.24, 2.45) is 11.3 Å². The number of nitrogens with two attached hydrogens (primary N) is 1. The van der Waals surface area contributed by atoms with E-state index >= 15 is 0 Å². The van der Waals surface area contributed by atoms with Crippen LogP contribution in [-0.2, 0) is 10.0 Å². The molecule has 0 aliphatic carbocycles. The lowest BCUT2D eigenvalue weighted by atomic mass is 9.97. The number of sulfonamides is 1. The fraction of sp³-hybridized carbons (Fsp3) is 0.444. The third-order valence-corrected chi connectivity index (χ3v) is 7.46. The zero-order chi connectivity index (χ0) is 28.6. The van der Waals surface area contributed by atoms with E-state index in [9.17, 15) is 13.2 Å². The van der Waals surface area contributed by atoms with Crippen molar-refractivity contribution < 1.29 is 20.8 Å². The van der Waals surface area contributed by atoms with E-state index < -0.39 is 15.9 Å². The van der Waals surface area contributed by atoms with Gasteiger partial charge >= 0.3 is 0 Å². The van der Waals surface area contributed by atoms with E-state index in [1.54, 1.807) is 24.5 Å². The Hall–Kier alpha value is -3.80. The number of nitrogens with zero attached hydrogens (tertiary/aromatic N) is 5. The van der Waals surface area contributed by atoms with E-state index in [1.165, 1.54) is 18.2 Å². The van der Waals surface area contributed by atoms with E-state index in [2.05, 4.69) is 61.2 Å². The van der Waals surface area contributed by atoms with Crippen molar-refractivity contribution in [1.29, 1.82) is 0 Å². The van der Waals surface area contributed by atoms with E-state index in [1.807, 2.05) is 4.90 Å². The first-order valence-electron chi connectivity index (χ1n) is 12.7. The van der Waals surface area contributed by atoms with Crippen LogP contribution in [0.3, 0.4) is 0 Å². The normalized spacial score (nSPS) is 17.2. The molecule has 1 unspecified atom stereocenters. The average molecular weight is 558 g/mol. The standard InChI is InChI=1S/C27H35N7O4S.2H2/c1-17-12-27(5,6)34(15-17)24-18(25(35)33-39(36,37)23-9-7-8-21(28)32-23)10-11-19(31-24)20-13-29-14-22(30-20)38-16-26(2,3)4;;/h7-11,13-14,17H,12,15-16H2,1-6H3,(H2,28,32)(H,33,35);2*1H. The fourth-order valence-electron chi connectivity index (χ4n) is 4.57. The van der Waals surface area contributed by atoms with Crippen LogP contribution in [0.5, 0.6) is 5.88 Å². The molecule has 4 heterocycles. The largest absolute Gasteiger partial charge is 0.476 e. The van der Waals surface area contributed by atoms with Crippen molar-refractivity contribution in [1.82, 2.24) is 24.7 Å². The Kier molecular flexibility index (Phi) is 7.53. The second-order valence-electron chi connectivity index (χ2n) is 11.7. The lowest BCUT2D eigenvalue weighted by Gasteiger charge is -2.34. The highest BCUT2D eigenvalue weighted by Crippen LogP contribution is 2.38. The highest BCUT2D eigenvalue weighted by atomic mass is 32.2. The Labute approximate surface area is 232 Å². The van der Waals surface area contributed by atoms with Crippen LogP contribution >= 0.6 is 0 Å². The highest BCUT2D eigenvalue weighted by Gasteiger charge is 2.39. The molecule has 4 rings (SSSR count). The molecule has 0 aromatic carbocycles. The van der Waals surface area contributed by atoms with Crippen LogP contribution in [-0.4, -0.2) is 53.0 Å². The third kappa shape index (κ3) is 6.62. The first-order chi connectivity index (χ1) is 18.1. The summed E-state index contributed by atoms with van der Waals surface area (Å²) in [6.07, 6.45) is 3.99. The SMILES string of the molecule is CC1CN(c2nc(-c3cncc(OCC(C)(C)C)n3)ccc2C(=O)NS(=O)(=O)c2cccc(N)n2)C(C)(C)C1.[HH].[HH]. The van der Waals surface area contributed by atoms with Gasteiger partial charge < -0.3 is 15.4 Å². The maximum absolute atomic E-state index is 13.4. The predicted molar refractivity (Wildman–Crippen MR) is 153 cm³/mol. The van der Waals surface area contributed by atoms with Crippen LogP contribution in [0.2, 0.25) is 0 Å². The summed E-state index contributed by atoms with van der Waals surface area (Å²) in [4.78, 5) is 32.9. The number of amides is 1. The molecule has 1 fully saturated rings. The summed E-state index contributed by atoms with van der Waals surface area (Å²) < 4.78 is 33.8. The fourth-order valence-corrected chi connectivity index (χ4v) is 5.52. The summed E-state index contributed by atoms with van der Waals surface area (Å²) in [6, 6.07) is 7.36. The third-order valence-electron chi connectivity index (χ3n) is 6.22. The van der Waals surface area contributed by atoms with E-state index in [4.69, 9.17) is 15.5 Å². The summed E-state index contributed by atoms with van der Waals surface area (Å²) in [7, 11) is -4.27. The number of anilines is 2. The number of rotatable bonds is 7. The first kappa shape index (κ1) is 28.2. The van der Waals surface area contributed by atoms with Gasteiger partial charge in [0.2, 0.25) is 5.88 Å². The Bertz CT molecular complexity index is 1500. The molecule has 0 bridgehead atoms. The van der Waals surface area contributed by atoms with Gasteiger partial charge in [0, 0.05) is 14.9 Å². The maximum Gasteiger partial charge on any atom is 0.281 e. The molecule has 1 aliphatic heterocycles. The van der Waals surface area contributed by atoms with Crippen molar-refractivity contribution in [3.8, 4) is 17.3 Å². The van der Waals surface area contributed by atoms with Gasteiger partial charge in [-0.15, -0.1) is 0 Å². The molecule has 12 heteroatoms. The Morgan fingerprint density at radius 2 is 1.90 bits per heavy atom. The Balaban J connectivity index is 0.00000294. The Morgan fingerprint density at radius 1 is 1.15 bits per heavy atom. The first-order valence-corrected chi connectivity index (χ1v) is 14.2. The monoisotopic (exact) mass is 557 g/mol. The van der Waals surface area contributed by atoms with Crippen molar-refractivity contribution in [3.63, 3.8) is 0 Å². The number of nitrogens with one attached hydrogen (secondary N) is 1. The molecule has 39 heavy (non-hydrogen) atoms. The summed E-state index contributed by atoms with van der Waals surface area (Å²) in [6.45, 7) is 13.5. The van der Waals surface area contributed by atoms with Gasteiger partial charge in [-0.2, -0.15) is 8.42 Å². The average Bonchev–Trinajstić information content (AvgIpc) is 3.13. The maximum atomic E-state index is 13.4. The van der Waals surface area contributed by atoms with Crippen LogP contribution < -0.4 is 20.1 Å². The number of carbonyl (C=O) groups is 1. The zero-order valence-electron chi connectivity index (χ0n) is 23.1. The van der Waals surface area contributed by atoms with Crippen LogP contribution in [0.4, 0.5) is 11.6 Å². The summed E-state index contributed by atoms with van der Waals surface area (Å²) in [5, 5.41) is -0.348. The van der Waals surface area contributed by atoms with Gasteiger partial charge in [-0.05, 0) is 55.9 Å². The minimum absolute atomic E-state index is 0. The number of ether oxygens (including phenoxy) is 1. The molecule has 212 valence electrons. The van der Waals surface area contributed by atoms with Crippen LogP contribution in [0.1, 0.15) is 61.2 Å². The molecule has 3 aromatic rings. The van der Waals surface area contributed by atoms with E-state index in [0.717, 1.165) is 6.42 Å². The number of hydrogen-bond donors (Lipinski definition) is 2. The van der Waals surface area contributed by atoms with Crippen molar-refractivity contribution >= 4 is 27.6 Å². The predicted octanol–water partition coefficient (Wildman–Crippen LogP) is 4.18. The zero-order valence-corrected chi connectivity index (χ0v) is 23.9. The summed E-state index contributed by atoms with van der Waals surface area (Å²) in [5.41, 5.74) is 6.32. The minimum Gasteiger partial charge on any atom is -0.476 e. The molecular weight excluding hydrogens is 518 g/mol. The lowest BCUT2D eigenvalue weighted by molar-refractivity contribution is 0.0981. The molecule has 1 atom stereocenters. The van der Waals surface area contributed by atoms with Crippen molar-refractivity contribution in [2.45, 2.75) is 58.5 Å². The van der Waals surface area contributed by atoms with E-state index in [-0.39, 0.29) is 30.2 Å². The Morgan fingerprint density at radius 3 is 2.54 bits per heavy atom. The quantitative estimate of drug-likeness (QED) is 0.432. The molecule has 3 N–H and O–H groups in total. The second-order valence-corrected chi connectivity index (χ2v) is 13.4. The van der Waals surface area contributed by atoms with Crippen molar-refractivity contribution in [3.05, 3.63) is 48.3 Å². The van der Waals surface area contributed by atoms with Crippen LogP contribution in [0.15, 0.2) is 47.8 Å². The van der Waals surface area contributed by atoms with Gasteiger partial charge in [0.1, 0.15) is 17.3 Å². The van der Waals surface area contributed by atoms with Crippen molar-refractivity contribution in [2.75, 3.05) is 23.8 Å². The number of nitrogen functional groups attached to an aromatic ring is 1. The lowest BCUT2D eigenvalue weighted by Crippen LogP contribution is -2.41. The molecule has 0 radical (unpaired) electrons. The molecule has 1 saturated heterocycles. The van der Waals surface area contributed by atoms with Crippen LogP contribution in [0.25, 0.3) is 11.4 Å². The van der Waals surface area contributed by atoms with Gasteiger partial charge in [0.25, 0.3) is 15.9 Å². The van der Waals surface area contributed by atoms with Crippen LogP contribution in [0, 0.1) is 11.3 Å².